The maximum Gasteiger partial charge on any atom is 1.00 e. The van der Waals surface area contributed by atoms with Crippen LogP contribution in [-0.4, -0.2) is 42.5 Å². The van der Waals surface area contributed by atoms with Crippen molar-refractivity contribution in [3.63, 3.8) is 0 Å². The van der Waals surface area contributed by atoms with Crippen molar-refractivity contribution in [2.24, 2.45) is 5.73 Å². The monoisotopic (exact) mass is 488 g/mol. The zero-order valence-electron chi connectivity index (χ0n) is 20.7. The third kappa shape index (κ3) is 22.2. The maximum absolute atomic E-state index is 11.8. The fourth-order valence-electron chi connectivity index (χ4n) is 3.36. The van der Waals surface area contributed by atoms with Crippen molar-refractivity contribution in [2.75, 3.05) is 13.1 Å². The topological polar surface area (TPSA) is 162 Å². The number of carbonyl (C=O) groups excluding carboxylic acids is 4. The molecule has 0 aromatic heterocycles. The quantitative estimate of drug-likeness (QED) is 0.0736. The molecule has 0 radical (unpaired) electrons. The van der Waals surface area contributed by atoms with E-state index in [1.165, 1.54) is 44.9 Å². The summed E-state index contributed by atoms with van der Waals surface area (Å²) in [7, 11) is 0. The number of ether oxygens (including phenoxy) is 1. The van der Waals surface area contributed by atoms with E-state index in [-0.39, 0.29) is 72.1 Å². The average Bonchev–Trinajstić information content (AvgIpc) is 2.69. The summed E-state index contributed by atoms with van der Waals surface area (Å²) >= 11 is 0. The molecule has 0 atom stereocenters. The fraction of sp³-hybridized carbons (Fsp3) is 0.818. The summed E-state index contributed by atoms with van der Waals surface area (Å²) in [5, 5.41) is 24.2. The first kappa shape index (κ1) is 37.5. The Kier molecular flexibility index (Phi) is 27.0. The molecule has 0 aliphatic rings. The smallest absolute Gasteiger partial charge is 0.550 e. The summed E-state index contributed by atoms with van der Waals surface area (Å²) in [6.07, 6.45) is 11.2. The van der Waals surface area contributed by atoms with E-state index >= 15 is 0 Å². The second-order valence-electron chi connectivity index (χ2n) is 8.07. The van der Waals surface area contributed by atoms with Crippen molar-refractivity contribution in [1.82, 2.24) is 5.32 Å². The van der Waals surface area contributed by atoms with Gasteiger partial charge in [0.05, 0.1) is 6.54 Å². The zero-order valence-corrected chi connectivity index (χ0v) is 24.7. The first-order valence-corrected chi connectivity index (χ1v) is 11.3. The molecule has 0 aromatic rings. The van der Waals surface area contributed by atoms with Crippen molar-refractivity contribution in [3.8, 4) is 0 Å². The molecule has 0 aliphatic carbocycles. The van der Waals surface area contributed by atoms with Gasteiger partial charge in [-0.2, -0.15) is 0 Å². The molecule has 0 saturated carbocycles. The largest absolute Gasteiger partial charge is 1.00 e. The van der Waals surface area contributed by atoms with Gasteiger partial charge in [0.1, 0.15) is 0 Å². The third-order valence-corrected chi connectivity index (χ3v) is 5.18. The molecular weight excluding hydrogens is 450 g/mol. The Balaban J connectivity index is -0.00000450. The summed E-state index contributed by atoms with van der Waals surface area (Å²) in [6.45, 7) is 1.27. The number of unbranched alkanes of at least 4 members (excludes halogenated alkanes) is 10. The third-order valence-electron chi connectivity index (χ3n) is 5.18. The van der Waals surface area contributed by atoms with Crippen LogP contribution in [0.2, 0.25) is 0 Å². The van der Waals surface area contributed by atoms with Crippen LogP contribution in [0.1, 0.15) is 96.8 Å². The number of hydrogen-bond acceptors (Lipinski definition) is 9. The Bertz CT molecular complexity index is 547. The van der Waals surface area contributed by atoms with Crippen molar-refractivity contribution in [1.29, 1.82) is 0 Å². The van der Waals surface area contributed by atoms with Crippen LogP contribution < -0.4 is 80.4 Å². The Morgan fingerprint density at radius 1 is 0.758 bits per heavy atom. The maximum atomic E-state index is 11.8. The molecule has 0 bridgehead atoms. The number of rotatable bonds is 20. The number of carboxylic acid groups (broad SMARTS) is 2. The number of nitrogens with one attached hydrogen (secondary N) is 1. The van der Waals surface area contributed by atoms with Crippen molar-refractivity contribution < 1.29 is 93.2 Å². The number of carboxylic acids is 2. The molecule has 0 saturated heterocycles. The molecule has 0 amide bonds. The van der Waals surface area contributed by atoms with Gasteiger partial charge in [-0.1, -0.05) is 71.1 Å². The molecule has 0 heterocycles. The van der Waals surface area contributed by atoms with E-state index in [4.69, 9.17) is 5.73 Å². The molecule has 0 rings (SSSR count). The molecule has 180 valence electrons. The van der Waals surface area contributed by atoms with Gasteiger partial charge in [-0.25, -0.2) is 0 Å². The SMILES string of the molecule is CCCCCCCCCCCCCC(=O)OC(=O)CNC(CN)(CC(=O)[O-])CC(=O)[O-].[Na+].[Na+]. The first-order valence-electron chi connectivity index (χ1n) is 11.3. The number of carbonyl (C=O) groups is 4. The van der Waals surface area contributed by atoms with Crippen LogP contribution in [0.15, 0.2) is 0 Å². The second-order valence-corrected chi connectivity index (χ2v) is 8.07. The Morgan fingerprint density at radius 2 is 1.18 bits per heavy atom. The van der Waals surface area contributed by atoms with Gasteiger partial charge in [0.25, 0.3) is 0 Å². The molecule has 3 N–H and O–H groups in total. The molecule has 33 heavy (non-hydrogen) atoms. The average molecular weight is 489 g/mol. The van der Waals surface area contributed by atoms with Gasteiger partial charge in [0.2, 0.25) is 0 Å². The van der Waals surface area contributed by atoms with Gasteiger partial charge in [-0.15, -0.1) is 0 Å². The van der Waals surface area contributed by atoms with E-state index in [1.807, 2.05) is 0 Å². The summed E-state index contributed by atoms with van der Waals surface area (Å²) in [4.78, 5) is 45.3. The van der Waals surface area contributed by atoms with Crippen LogP contribution in [0.5, 0.6) is 0 Å². The normalized spacial score (nSPS) is 10.6. The van der Waals surface area contributed by atoms with Crippen LogP contribution in [0.25, 0.3) is 0 Å². The van der Waals surface area contributed by atoms with Gasteiger partial charge < -0.3 is 30.3 Å². The summed E-state index contributed by atoms with van der Waals surface area (Å²) < 4.78 is 4.68. The van der Waals surface area contributed by atoms with E-state index in [0.717, 1.165) is 19.3 Å². The van der Waals surface area contributed by atoms with Crippen molar-refractivity contribution >= 4 is 23.9 Å². The summed E-state index contributed by atoms with van der Waals surface area (Å²) in [6, 6.07) is 0. The van der Waals surface area contributed by atoms with Crippen LogP contribution in [-0.2, 0) is 23.9 Å². The van der Waals surface area contributed by atoms with E-state index in [9.17, 15) is 29.4 Å². The Morgan fingerprint density at radius 3 is 1.58 bits per heavy atom. The van der Waals surface area contributed by atoms with Crippen LogP contribution in [0.4, 0.5) is 0 Å². The van der Waals surface area contributed by atoms with E-state index in [0.29, 0.717) is 6.42 Å². The Labute approximate surface area is 241 Å². The summed E-state index contributed by atoms with van der Waals surface area (Å²) in [5.41, 5.74) is 3.86. The Hall–Kier alpha value is 0. The van der Waals surface area contributed by atoms with Gasteiger partial charge >= 0.3 is 71.1 Å². The minimum Gasteiger partial charge on any atom is -0.550 e. The van der Waals surface area contributed by atoms with Crippen molar-refractivity contribution in [3.05, 3.63) is 0 Å². The number of aliphatic carboxylic acids is 2. The number of hydrogen-bond donors (Lipinski definition) is 2. The first-order chi connectivity index (χ1) is 14.7. The predicted molar refractivity (Wildman–Crippen MR) is 111 cm³/mol. The number of esters is 2. The minimum absolute atomic E-state index is 0. The molecule has 0 fully saturated rings. The fourth-order valence-corrected chi connectivity index (χ4v) is 3.36. The molecular formula is C22H38N2Na2O7. The van der Waals surface area contributed by atoms with Crippen LogP contribution in [0, 0.1) is 0 Å². The van der Waals surface area contributed by atoms with Crippen LogP contribution >= 0.6 is 0 Å². The van der Waals surface area contributed by atoms with Gasteiger partial charge in [0.15, 0.2) is 0 Å². The molecule has 0 spiro atoms. The molecule has 11 heteroatoms. The minimum atomic E-state index is -1.62. The summed E-state index contributed by atoms with van der Waals surface area (Å²) in [5.74, 6) is -4.65. The second kappa shape index (κ2) is 23.7. The van der Waals surface area contributed by atoms with E-state index < -0.39 is 48.8 Å². The van der Waals surface area contributed by atoms with E-state index in [2.05, 4.69) is 17.0 Å². The van der Waals surface area contributed by atoms with Gasteiger partial charge in [-0.05, 0) is 6.42 Å². The predicted octanol–water partition coefficient (Wildman–Crippen LogP) is -5.67. The zero-order chi connectivity index (χ0) is 23.5. The standard InChI is InChI=1S/C22H40N2O7.2Na/c1-2-3-4-5-6-7-8-9-10-11-12-13-20(29)31-21(30)16-24-22(17-23,14-18(25)26)15-19(27)28;;/h24H,2-17,23H2,1H3,(H,25,26)(H,27,28);;/q;2*+1/p-2. The molecule has 0 aromatic carbocycles. The van der Waals surface area contributed by atoms with E-state index in [1.54, 1.807) is 0 Å². The molecule has 0 unspecified atom stereocenters. The molecule has 9 nitrogen and oxygen atoms in total. The van der Waals surface area contributed by atoms with Gasteiger partial charge in [-0.3, -0.25) is 14.9 Å². The van der Waals surface area contributed by atoms with Crippen molar-refractivity contribution in [2.45, 2.75) is 102 Å². The number of nitrogens with two attached hydrogens (primary N) is 1. The molecule has 0 aliphatic heterocycles. The van der Waals surface area contributed by atoms with Gasteiger partial charge in [0, 0.05) is 43.3 Å². The van der Waals surface area contributed by atoms with Crippen LogP contribution in [0.3, 0.4) is 0 Å².